The van der Waals surface area contributed by atoms with Crippen molar-refractivity contribution in [1.29, 1.82) is 0 Å². The molecule has 82 valence electrons. The van der Waals surface area contributed by atoms with E-state index in [9.17, 15) is 0 Å². The molecule has 2 heterocycles. The zero-order chi connectivity index (χ0) is 11.4. The molecule has 0 N–H and O–H groups in total. The SMILES string of the molecule is Cc1cc(CCl)nc(Cc2ccccn2)n1. The molecular formula is C12H12ClN3. The summed E-state index contributed by atoms with van der Waals surface area (Å²) in [5.74, 6) is 1.19. The molecule has 0 radical (unpaired) electrons. The molecule has 3 nitrogen and oxygen atoms in total. The topological polar surface area (TPSA) is 38.7 Å². The van der Waals surface area contributed by atoms with Crippen LogP contribution < -0.4 is 0 Å². The van der Waals surface area contributed by atoms with Crippen LogP contribution in [-0.4, -0.2) is 15.0 Å². The summed E-state index contributed by atoms with van der Waals surface area (Å²) in [7, 11) is 0. The van der Waals surface area contributed by atoms with Gasteiger partial charge >= 0.3 is 0 Å². The number of rotatable bonds is 3. The van der Waals surface area contributed by atoms with Gasteiger partial charge < -0.3 is 0 Å². The molecule has 2 aromatic heterocycles. The summed E-state index contributed by atoms with van der Waals surface area (Å²) >= 11 is 5.77. The predicted molar refractivity (Wildman–Crippen MR) is 63.4 cm³/mol. The number of nitrogens with zero attached hydrogens (tertiary/aromatic N) is 3. The second kappa shape index (κ2) is 5.03. The Balaban J connectivity index is 2.24. The van der Waals surface area contributed by atoms with Crippen molar-refractivity contribution < 1.29 is 0 Å². The molecule has 0 aliphatic carbocycles. The van der Waals surface area contributed by atoms with Gasteiger partial charge in [0.05, 0.1) is 18.0 Å². The maximum Gasteiger partial charge on any atom is 0.134 e. The predicted octanol–water partition coefficient (Wildman–Crippen LogP) is 2.51. The molecule has 0 spiro atoms. The van der Waals surface area contributed by atoms with Crippen molar-refractivity contribution in [3.05, 3.63) is 53.4 Å². The highest BCUT2D eigenvalue weighted by atomic mass is 35.5. The molecule has 0 bridgehead atoms. The average Bonchev–Trinajstić information content (AvgIpc) is 2.29. The molecule has 0 saturated heterocycles. The summed E-state index contributed by atoms with van der Waals surface area (Å²) in [6, 6.07) is 7.71. The van der Waals surface area contributed by atoms with Gasteiger partial charge in [-0.1, -0.05) is 6.07 Å². The van der Waals surface area contributed by atoms with Crippen LogP contribution >= 0.6 is 11.6 Å². The molecule has 2 rings (SSSR count). The first kappa shape index (κ1) is 11.0. The Kier molecular flexibility index (Phi) is 3.47. The minimum atomic E-state index is 0.415. The van der Waals surface area contributed by atoms with E-state index in [0.717, 1.165) is 22.9 Å². The van der Waals surface area contributed by atoms with Crippen LogP contribution in [0.4, 0.5) is 0 Å². The average molecular weight is 234 g/mol. The molecule has 0 amide bonds. The van der Waals surface area contributed by atoms with Crippen molar-refractivity contribution in [2.24, 2.45) is 0 Å². The third-order valence-corrected chi connectivity index (χ3v) is 2.43. The fraction of sp³-hybridized carbons (Fsp3) is 0.250. The standard InChI is InChI=1S/C12H12ClN3/c1-9-6-11(8-13)16-12(15-9)7-10-4-2-3-5-14-10/h2-6H,7-8H2,1H3. The van der Waals surface area contributed by atoms with Crippen LogP contribution in [0.15, 0.2) is 30.5 Å². The molecule has 16 heavy (non-hydrogen) atoms. The van der Waals surface area contributed by atoms with E-state index in [-0.39, 0.29) is 0 Å². The maximum absolute atomic E-state index is 5.77. The number of aromatic nitrogens is 3. The zero-order valence-corrected chi connectivity index (χ0v) is 9.78. The largest absolute Gasteiger partial charge is 0.261 e. The Bertz CT molecular complexity index is 471. The second-order valence-corrected chi connectivity index (χ2v) is 3.82. The molecule has 0 unspecified atom stereocenters. The lowest BCUT2D eigenvalue weighted by Gasteiger charge is -2.03. The quantitative estimate of drug-likeness (QED) is 0.765. The highest BCUT2D eigenvalue weighted by molar-refractivity contribution is 6.16. The summed E-state index contributed by atoms with van der Waals surface area (Å²) in [6.45, 7) is 1.94. The van der Waals surface area contributed by atoms with Crippen molar-refractivity contribution >= 4 is 11.6 Å². The van der Waals surface area contributed by atoms with E-state index in [0.29, 0.717) is 12.3 Å². The van der Waals surface area contributed by atoms with E-state index in [1.165, 1.54) is 0 Å². The third kappa shape index (κ3) is 2.76. The molecule has 0 saturated carbocycles. The lowest BCUT2D eigenvalue weighted by molar-refractivity contribution is 0.892. The molecule has 0 aliphatic heterocycles. The summed E-state index contributed by atoms with van der Waals surface area (Å²) in [5, 5.41) is 0. The number of hydrogen-bond donors (Lipinski definition) is 0. The molecule has 0 aromatic carbocycles. The van der Waals surface area contributed by atoms with E-state index in [1.807, 2.05) is 31.2 Å². The summed E-state index contributed by atoms with van der Waals surface area (Å²) < 4.78 is 0. The maximum atomic E-state index is 5.77. The van der Waals surface area contributed by atoms with Gasteiger partial charge in [-0.2, -0.15) is 0 Å². The first-order chi connectivity index (χ1) is 7.78. The zero-order valence-electron chi connectivity index (χ0n) is 9.02. The van der Waals surface area contributed by atoms with Crippen molar-refractivity contribution in [2.75, 3.05) is 0 Å². The van der Waals surface area contributed by atoms with Crippen LogP contribution in [-0.2, 0) is 12.3 Å². The van der Waals surface area contributed by atoms with E-state index in [1.54, 1.807) is 6.20 Å². The summed E-state index contributed by atoms with van der Waals surface area (Å²) in [5.41, 5.74) is 2.77. The highest BCUT2D eigenvalue weighted by Gasteiger charge is 2.03. The number of hydrogen-bond acceptors (Lipinski definition) is 3. The minimum absolute atomic E-state index is 0.415. The summed E-state index contributed by atoms with van der Waals surface area (Å²) in [6.07, 6.45) is 2.42. The van der Waals surface area contributed by atoms with Gasteiger partial charge in [0.15, 0.2) is 0 Å². The Labute approximate surface area is 99.5 Å². The van der Waals surface area contributed by atoms with Crippen molar-refractivity contribution in [2.45, 2.75) is 19.2 Å². The van der Waals surface area contributed by atoms with Crippen LogP contribution in [0, 0.1) is 6.92 Å². The smallest absolute Gasteiger partial charge is 0.134 e. The fourth-order valence-corrected chi connectivity index (χ4v) is 1.65. The van der Waals surface area contributed by atoms with Crippen LogP contribution in [0.5, 0.6) is 0 Å². The van der Waals surface area contributed by atoms with Crippen LogP contribution in [0.3, 0.4) is 0 Å². The van der Waals surface area contributed by atoms with Gasteiger partial charge in [0, 0.05) is 17.6 Å². The number of aryl methyl sites for hydroxylation is 1. The van der Waals surface area contributed by atoms with Crippen LogP contribution in [0.2, 0.25) is 0 Å². The Morgan fingerprint density at radius 2 is 2.06 bits per heavy atom. The minimum Gasteiger partial charge on any atom is -0.261 e. The van der Waals surface area contributed by atoms with E-state index in [2.05, 4.69) is 15.0 Å². The number of halogens is 1. The Morgan fingerprint density at radius 1 is 1.19 bits per heavy atom. The van der Waals surface area contributed by atoms with Gasteiger partial charge in [-0.05, 0) is 25.1 Å². The van der Waals surface area contributed by atoms with Gasteiger partial charge in [-0.3, -0.25) is 4.98 Å². The van der Waals surface area contributed by atoms with Crippen LogP contribution in [0.25, 0.3) is 0 Å². The van der Waals surface area contributed by atoms with Crippen molar-refractivity contribution in [3.8, 4) is 0 Å². The highest BCUT2D eigenvalue weighted by Crippen LogP contribution is 2.07. The molecule has 2 aromatic rings. The monoisotopic (exact) mass is 233 g/mol. The van der Waals surface area contributed by atoms with Gasteiger partial charge in [0.25, 0.3) is 0 Å². The van der Waals surface area contributed by atoms with Gasteiger partial charge in [0.2, 0.25) is 0 Å². The Hall–Kier alpha value is -1.48. The van der Waals surface area contributed by atoms with E-state index < -0.39 is 0 Å². The normalized spacial score (nSPS) is 10.4. The lowest BCUT2D eigenvalue weighted by Crippen LogP contribution is -2.02. The third-order valence-electron chi connectivity index (χ3n) is 2.16. The molecule has 4 heteroatoms. The second-order valence-electron chi connectivity index (χ2n) is 3.55. The molecular weight excluding hydrogens is 222 g/mol. The fourth-order valence-electron chi connectivity index (χ4n) is 1.51. The van der Waals surface area contributed by atoms with Crippen molar-refractivity contribution in [1.82, 2.24) is 15.0 Å². The van der Waals surface area contributed by atoms with E-state index in [4.69, 9.17) is 11.6 Å². The van der Waals surface area contributed by atoms with Gasteiger partial charge in [-0.15, -0.1) is 11.6 Å². The van der Waals surface area contributed by atoms with Gasteiger partial charge in [0.1, 0.15) is 5.82 Å². The number of pyridine rings is 1. The first-order valence-corrected chi connectivity index (χ1v) is 5.60. The summed E-state index contributed by atoms with van der Waals surface area (Å²) in [4.78, 5) is 13.0. The first-order valence-electron chi connectivity index (χ1n) is 5.07. The Morgan fingerprint density at radius 3 is 2.75 bits per heavy atom. The number of alkyl halides is 1. The molecule has 0 aliphatic rings. The van der Waals surface area contributed by atoms with Crippen molar-refractivity contribution in [3.63, 3.8) is 0 Å². The molecule has 0 fully saturated rings. The van der Waals surface area contributed by atoms with E-state index >= 15 is 0 Å². The lowest BCUT2D eigenvalue weighted by atomic mass is 10.2. The van der Waals surface area contributed by atoms with Crippen LogP contribution in [0.1, 0.15) is 22.9 Å². The molecule has 0 atom stereocenters. The van der Waals surface area contributed by atoms with Gasteiger partial charge in [-0.25, -0.2) is 9.97 Å².